The van der Waals surface area contributed by atoms with Crippen molar-refractivity contribution < 1.29 is 47.4 Å². The van der Waals surface area contributed by atoms with Crippen molar-refractivity contribution in [2.24, 2.45) is 5.73 Å². The number of hydrogen-bond acceptors (Lipinski definition) is 11. The molecule has 0 aliphatic carbocycles. The van der Waals surface area contributed by atoms with Crippen molar-refractivity contribution in [1.82, 2.24) is 0 Å². The van der Waals surface area contributed by atoms with Crippen molar-refractivity contribution >= 4 is 0 Å². The standard InChI is InChI=1S/C30H63NO10/c1-22(31)13-33-14-23(2)35-16-25(4)37-18-27(6)39-20-29(8)41-21-30(9)40-19-28(7)38-17-26(5)36-15-24(3)34-12-11-32-10/h22-30H,11-21,31H2,1-10H3/t22-,23+,24-,25+,26+,27-,28+,29-,30+/m0/s1. The van der Waals surface area contributed by atoms with Crippen LogP contribution in [0, 0.1) is 0 Å². The average molecular weight is 598 g/mol. The third kappa shape index (κ3) is 26.9. The molecule has 0 aliphatic heterocycles. The molecule has 0 unspecified atom stereocenters. The normalized spacial score (nSPS) is 18.8. The van der Waals surface area contributed by atoms with Crippen LogP contribution in [0.2, 0.25) is 0 Å². The first kappa shape index (κ1) is 40.6. The lowest BCUT2D eigenvalue weighted by molar-refractivity contribution is -0.110. The monoisotopic (exact) mass is 597 g/mol. The van der Waals surface area contributed by atoms with Crippen molar-refractivity contribution in [3.8, 4) is 0 Å². The first-order chi connectivity index (χ1) is 19.4. The number of ether oxygens (including phenoxy) is 10. The minimum Gasteiger partial charge on any atom is -0.382 e. The van der Waals surface area contributed by atoms with Gasteiger partial charge >= 0.3 is 0 Å². The molecule has 2 N–H and O–H groups in total. The molecular weight excluding hydrogens is 534 g/mol. The molecular formula is C30H63NO10. The molecule has 0 radical (unpaired) electrons. The molecule has 41 heavy (non-hydrogen) atoms. The summed E-state index contributed by atoms with van der Waals surface area (Å²) in [6, 6.07) is 0.0260. The van der Waals surface area contributed by atoms with E-state index in [1.54, 1.807) is 7.11 Å². The summed E-state index contributed by atoms with van der Waals surface area (Å²) in [5, 5.41) is 0. The van der Waals surface area contributed by atoms with Gasteiger partial charge in [-0.15, -0.1) is 0 Å². The van der Waals surface area contributed by atoms with Crippen molar-refractivity contribution in [1.29, 1.82) is 0 Å². The topological polar surface area (TPSA) is 118 Å². The Morgan fingerprint density at radius 3 is 0.902 bits per heavy atom. The van der Waals surface area contributed by atoms with Gasteiger partial charge in [0, 0.05) is 13.2 Å². The third-order valence-electron chi connectivity index (χ3n) is 5.73. The van der Waals surface area contributed by atoms with Gasteiger partial charge in [-0.05, 0) is 62.3 Å². The maximum Gasteiger partial charge on any atom is 0.0781 e. The highest BCUT2D eigenvalue weighted by atomic mass is 16.6. The predicted molar refractivity (Wildman–Crippen MR) is 160 cm³/mol. The second-order valence-corrected chi connectivity index (χ2v) is 11.2. The Morgan fingerprint density at radius 1 is 0.366 bits per heavy atom. The molecule has 0 aromatic rings. The summed E-state index contributed by atoms with van der Waals surface area (Å²) in [5.41, 5.74) is 5.68. The Labute approximate surface area is 250 Å². The van der Waals surface area contributed by atoms with E-state index < -0.39 is 0 Å². The van der Waals surface area contributed by atoms with Crippen molar-refractivity contribution in [2.75, 3.05) is 79.8 Å². The molecule has 248 valence electrons. The minimum atomic E-state index is -0.0612. The summed E-state index contributed by atoms with van der Waals surface area (Å²) in [6.07, 6.45) is -0.299. The fraction of sp³-hybridized carbons (Fsp3) is 1.00. The third-order valence-corrected chi connectivity index (χ3v) is 5.73. The minimum absolute atomic E-state index is 0.0108. The van der Waals surface area contributed by atoms with E-state index in [4.69, 9.17) is 53.1 Å². The maximum atomic E-state index is 5.90. The Morgan fingerprint density at radius 2 is 0.634 bits per heavy atom. The van der Waals surface area contributed by atoms with Crippen LogP contribution in [0.3, 0.4) is 0 Å². The molecule has 0 rings (SSSR count). The quantitative estimate of drug-likeness (QED) is 0.128. The van der Waals surface area contributed by atoms with Gasteiger partial charge in [0.1, 0.15) is 0 Å². The summed E-state index contributed by atoms with van der Waals surface area (Å²) < 4.78 is 57.0. The van der Waals surface area contributed by atoms with Gasteiger partial charge in [-0.2, -0.15) is 0 Å². The van der Waals surface area contributed by atoms with Crippen LogP contribution in [0.4, 0.5) is 0 Å². The SMILES string of the molecule is COCCO[C@@H](C)CO[C@H](C)CO[C@H](C)CO[C@H](C)CO[C@@H](C)CO[C@@H](C)CO[C@H](C)CO[C@H](C)COC[C@H](C)N. The van der Waals surface area contributed by atoms with Gasteiger partial charge in [0.05, 0.1) is 122 Å². The second-order valence-electron chi connectivity index (χ2n) is 11.2. The predicted octanol–water partition coefficient (Wildman–Crippen LogP) is 3.24. The zero-order valence-corrected chi connectivity index (χ0v) is 27.6. The largest absolute Gasteiger partial charge is 0.382 e. The van der Waals surface area contributed by atoms with Gasteiger partial charge in [-0.3, -0.25) is 0 Å². The summed E-state index contributed by atoms with van der Waals surface area (Å²) in [5.74, 6) is 0. The van der Waals surface area contributed by atoms with Crippen molar-refractivity contribution in [3.05, 3.63) is 0 Å². The molecule has 0 aliphatic rings. The molecule has 0 heterocycles. The lowest BCUT2D eigenvalue weighted by Gasteiger charge is -2.23. The Kier molecular flexibility index (Phi) is 25.7. The summed E-state index contributed by atoms with van der Waals surface area (Å²) >= 11 is 0. The molecule has 0 amide bonds. The second kappa shape index (κ2) is 26.0. The van der Waals surface area contributed by atoms with Gasteiger partial charge in [-0.25, -0.2) is 0 Å². The van der Waals surface area contributed by atoms with E-state index >= 15 is 0 Å². The molecule has 0 saturated heterocycles. The Hall–Kier alpha value is -0.440. The first-order valence-corrected chi connectivity index (χ1v) is 15.2. The molecule has 0 aromatic carbocycles. The number of nitrogens with two attached hydrogens (primary N) is 1. The van der Waals surface area contributed by atoms with Gasteiger partial charge in [0.25, 0.3) is 0 Å². The fourth-order valence-electron chi connectivity index (χ4n) is 3.24. The zero-order chi connectivity index (χ0) is 31.0. The first-order valence-electron chi connectivity index (χ1n) is 15.2. The van der Waals surface area contributed by atoms with Crippen molar-refractivity contribution in [3.63, 3.8) is 0 Å². The zero-order valence-electron chi connectivity index (χ0n) is 27.6. The van der Waals surface area contributed by atoms with Crippen LogP contribution in [0.5, 0.6) is 0 Å². The van der Waals surface area contributed by atoms with E-state index in [0.29, 0.717) is 72.7 Å². The van der Waals surface area contributed by atoms with Crippen LogP contribution >= 0.6 is 0 Å². The average Bonchev–Trinajstić information content (AvgIpc) is 2.93. The molecule has 9 atom stereocenters. The van der Waals surface area contributed by atoms with Crippen LogP contribution in [-0.2, 0) is 47.4 Å². The molecule has 11 heteroatoms. The van der Waals surface area contributed by atoms with Crippen LogP contribution in [-0.4, -0.2) is 135 Å². The molecule has 0 spiro atoms. The Bertz CT molecular complexity index is 573. The molecule has 0 bridgehead atoms. The van der Waals surface area contributed by atoms with Crippen molar-refractivity contribution in [2.45, 2.75) is 117 Å². The molecule has 0 aromatic heterocycles. The van der Waals surface area contributed by atoms with E-state index in [1.807, 2.05) is 62.3 Å². The van der Waals surface area contributed by atoms with Crippen LogP contribution in [0.25, 0.3) is 0 Å². The number of methoxy groups -OCH3 is 1. The van der Waals surface area contributed by atoms with Crippen LogP contribution in [0.1, 0.15) is 62.3 Å². The fourth-order valence-corrected chi connectivity index (χ4v) is 3.24. The van der Waals surface area contributed by atoms with Crippen LogP contribution < -0.4 is 5.73 Å². The number of hydrogen-bond donors (Lipinski definition) is 1. The lowest BCUT2D eigenvalue weighted by Crippen LogP contribution is -2.30. The smallest absolute Gasteiger partial charge is 0.0781 e. The Balaban J connectivity index is 3.85. The van der Waals surface area contributed by atoms with E-state index in [1.165, 1.54) is 0 Å². The highest BCUT2D eigenvalue weighted by Gasteiger charge is 2.14. The molecule has 11 nitrogen and oxygen atoms in total. The van der Waals surface area contributed by atoms with Gasteiger partial charge in [0.2, 0.25) is 0 Å². The van der Waals surface area contributed by atoms with E-state index in [-0.39, 0.29) is 54.9 Å². The van der Waals surface area contributed by atoms with Gasteiger partial charge in [-0.1, -0.05) is 0 Å². The van der Waals surface area contributed by atoms with Gasteiger partial charge in [0.15, 0.2) is 0 Å². The number of rotatable bonds is 29. The summed E-state index contributed by atoms with van der Waals surface area (Å²) in [7, 11) is 1.66. The molecule has 0 saturated carbocycles. The van der Waals surface area contributed by atoms with E-state index in [0.717, 1.165) is 0 Å². The van der Waals surface area contributed by atoms with E-state index in [9.17, 15) is 0 Å². The van der Waals surface area contributed by atoms with E-state index in [2.05, 4.69) is 0 Å². The summed E-state index contributed by atoms with van der Waals surface area (Å²) in [6.45, 7) is 23.4. The molecule has 0 fully saturated rings. The summed E-state index contributed by atoms with van der Waals surface area (Å²) in [4.78, 5) is 0. The van der Waals surface area contributed by atoms with Gasteiger partial charge < -0.3 is 53.1 Å². The maximum absolute atomic E-state index is 5.90. The highest BCUT2D eigenvalue weighted by molar-refractivity contribution is 4.60. The highest BCUT2D eigenvalue weighted by Crippen LogP contribution is 2.05. The van der Waals surface area contributed by atoms with Crippen LogP contribution in [0.15, 0.2) is 0 Å². The lowest BCUT2D eigenvalue weighted by atomic mass is 10.3.